The summed E-state index contributed by atoms with van der Waals surface area (Å²) in [4.78, 5) is 43.7. The molecule has 1 atom stereocenters. The summed E-state index contributed by atoms with van der Waals surface area (Å²) in [7, 11) is 0. The fraction of sp³-hybridized carbons (Fsp3) is 0.250. The molecule has 7 nitrogen and oxygen atoms in total. The van der Waals surface area contributed by atoms with E-state index in [0.29, 0.717) is 10.8 Å². The van der Waals surface area contributed by atoms with E-state index in [4.69, 9.17) is 0 Å². The Kier molecular flexibility index (Phi) is 4.39. The summed E-state index contributed by atoms with van der Waals surface area (Å²) in [6, 6.07) is 7.32. The summed E-state index contributed by atoms with van der Waals surface area (Å²) in [5.41, 5.74) is 1.34. The lowest BCUT2D eigenvalue weighted by Gasteiger charge is -2.23. The van der Waals surface area contributed by atoms with Crippen LogP contribution >= 0.6 is 11.8 Å². The van der Waals surface area contributed by atoms with E-state index in [1.807, 2.05) is 25.1 Å². The van der Waals surface area contributed by atoms with Crippen molar-refractivity contribution in [1.29, 1.82) is 0 Å². The number of hydrogen-bond donors (Lipinski definition) is 3. The van der Waals surface area contributed by atoms with Gasteiger partial charge in [0.05, 0.1) is 11.5 Å². The number of carbonyl (C=O) groups is 2. The van der Waals surface area contributed by atoms with E-state index >= 15 is 0 Å². The summed E-state index contributed by atoms with van der Waals surface area (Å²) in [6.45, 7) is 1.87. The van der Waals surface area contributed by atoms with Gasteiger partial charge in [0.25, 0.3) is 5.56 Å². The first kappa shape index (κ1) is 16.3. The highest BCUT2D eigenvalue weighted by molar-refractivity contribution is 7.98. The number of H-pyrrole nitrogens is 1. The van der Waals surface area contributed by atoms with Crippen molar-refractivity contribution in [2.45, 2.75) is 24.4 Å². The Bertz CT molecular complexity index is 878. The number of para-hydroxylation sites is 1. The molecule has 2 amide bonds. The van der Waals surface area contributed by atoms with Crippen LogP contribution in [0, 0.1) is 6.92 Å². The number of benzene rings is 1. The number of aromatic nitrogens is 2. The molecule has 0 radical (unpaired) electrons. The number of nitrogens with one attached hydrogen (secondary N) is 3. The number of aryl methyl sites for hydroxylation is 1. The standard InChI is InChI=1S/C16H16N4O3S/c1-8-5-3-4-6-10(8)17-14(22)9-7-11(21)18-13-12(9)15(23)20-16(19-13)24-2/h3-6,9H,7H2,1-2H3,(H,17,22)(H2,18,19,20,21,23). The molecule has 124 valence electrons. The smallest absolute Gasteiger partial charge is 0.257 e. The van der Waals surface area contributed by atoms with Gasteiger partial charge in [-0.15, -0.1) is 0 Å². The molecule has 0 saturated heterocycles. The lowest BCUT2D eigenvalue weighted by molar-refractivity contribution is -0.123. The molecule has 1 aromatic heterocycles. The molecule has 2 aromatic rings. The molecule has 8 heteroatoms. The fourth-order valence-electron chi connectivity index (χ4n) is 2.60. The van der Waals surface area contributed by atoms with Gasteiger partial charge >= 0.3 is 0 Å². The van der Waals surface area contributed by atoms with Crippen molar-refractivity contribution < 1.29 is 9.59 Å². The first-order chi connectivity index (χ1) is 11.5. The van der Waals surface area contributed by atoms with Crippen LogP contribution in [0.15, 0.2) is 34.2 Å². The topological polar surface area (TPSA) is 104 Å². The van der Waals surface area contributed by atoms with E-state index in [1.165, 1.54) is 11.8 Å². The largest absolute Gasteiger partial charge is 0.325 e. The van der Waals surface area contributed by atoms with E-state index in [-0.39, 0.29) is 23.7 Å². The third-order valence-corrected chi connectivity index (χ3v) is 4.42. The molecule has 0 fully saturated rings. The molecule has 2 heterocycles. The molecule has 1 aliphatic heterocycles. The maximum absolute atomic E-state index is 12.7. The van der Waals surface area contributed by atoms with Crippen LogP contribution in [0.5, 0.6) is 0 Å². The zero-order valence-corrected chi connectivity index (χ0v) is 14.0. The van der Waals surface area contributed by atoms with Gasteiger partial charge in [0.1, 0.15) is 5.82 Å². The van der Waals surface area contributed by atoms with Crippen LogP contribution in [0.4, 0.5) is 11.5 Å². The minimum atomic E-state index is -0.875. The highest BCUT2D eigenvalue weighted by atomic mass is 32.2. The Balaban J connectivity index is 1.98. The minimum Gasteiger partial charge on any atom is -0.325 e. The van der Waals surface area contributed by atoms with E-state index in [0.717, 1.165) is 5.56 Å². The van der Waals surface area contributed by atoms with Gasteiger partial charge < -0.3 is 15.6 Å². The van der Waals surface area contributed by atoms with E-state index < -0.39 is 17.4 Å². The summed E-state index contributed by atoms with van der Waals surface area (Å²) < 4.78 is 0. The van der Waals surface area contributed by atoms with Crippen LogP contribution in [0.25, 0.3) is 0 Å². The normalized spacial score (nSPS) is 16.2. The van der Waals surface area contributed by atoms with Gasteiger partial charge in [0.2, 0.25) is 11.8 Å². The van der Waals surface area contributed by atoms with E-state index in [2.05, 4.69) is 20.6 Å². The third-order valence-electron chi connectivity index (χ3n) is 3.84. The Hall–Kier alpha value is -2.61. The van der Waals surface area contributed by atoms with Crippen LogP contribution in [0.3, 0.4) is 0 Å². The maximum atomic E-state index is 12.7. The zero-order chi connectivity index (χ0) is 17.3. The van der Waals surface area contributed by atoms with Crippen molar-refractivity contribution in [3.05, 3.63) is 45.7 Å². The Morgan fingerprint density at radius 2 is 2.08 bits per heavy atom. The van der Waals surface area contributed by atoms with Crippen molar-refractivity contribution in [3.8, 4) is 0 Å². The van der Waals surface area contributed by atoms with Gasteiger partial charge in [-0.2, -0.15) is 0 Å². The number of carbonyl (C=O) groups excluding carboxylic acids is 2. The summed E-state index contributed by atoms with van der Waals surface area (Å²) >= 11 is 1.25. The average Bonchev–Trinajstić information content (AvgIpc) is 2.55. The van der Waals surface area contributed by atoms with Crippen molar-refractivity contribution in [2.24, 2.45) is 0 Å². The lowest BCUT2D eigenvalue weighted by Crippen LogP contribution is -2.36. The van der Waals surface area contributed by atoms with Gasteiger partial charge in [-0.3, -0.25) is 14.4 Å². The predicted molar refractivity (Wildman–Crippen MR) is 92.4 cm³/mol. The highest BCUT2D eigenvalue weighted by Gasteiger charge is 2.34. The summed E-state index contributed by atoms with van der Waals surface area (Å²) in [5.74, 6) is -1.45. The van der Waals surface area contributed by atoms with Crippen molar-refractivity contribution in [3.63, 3.8) is 0 Å². The van der Waals surface area contributed by atoms with E-state index in [9.17, 15) is 14.4 Å². The number of nitrogens with zero attached hydrogens (tertiary/aromatic N) is 1. The number of fused-ring (bicyclic) bond motifs is 1. The summed E-state index contributed by atoms with van der Waals surface area (Å²) in [6.07, 6.45) is 1.67. The average molecular weight is 344 g/mol. The molecule has 3 rings (SSSR count). The lowest BCUT2D eigenvalue weighted by atomic mass is 9.92. The molecule has 0 saturated carbocycles. The molecule has 0 bridgehead atoms. The predicted octanol–water partition coefficient (Wildman–Crippen LogP) is 1.86. The van der Waals surface area contributed by atoms with Crippen molar-refractivity contribution >= 4 is 35.1 Å². The molecule has 1 unspecified atom stereocenters. The number of rotatable bonds is 3. The van der Waals surface area contributed by atoms with Gasteiger partial charge in [-0.05, 0) is 24.8 Å². The number of anilines is 2. The van der Waals surface area contributed by atoms with Crippen molar-refractivity contribution in [1.82, 2.24) is 9.97 Å². The minimum absolute atomic E-state index is 0.0892. The second kappa shape index (κ2) is 6.48. The Morgan fingerprint density at radius 3 is 2.79 bits per heavy atom. The molecular formula is C16H16N4O3S. The molecular weight excluding hydrogens is 328 g/mol. The SMILES string of the molecule is CSc1nc2c(c(=O)[nH]1)C(C(=O)Nc1ccccc1C)CC(=O)N2. The van der Waals surface area contributed by atoms with Crippen LogP contribution in [-0.4, -0.2) is 28.0 Å². The molecule has 1 aromatic carbocycles. The third kappa shape index (κ3) is 3.05. The molecule has 0 aliphatic carbocycles. The van der Waals surface area contributed by atoms with Gasteiger partial charge in [-0.25, -0.2) is 4.98 Å². The number of thioether (sulfide) groups is 1. The van der Waals surface area contributed by atoms with Crippen LogP contribution < -0.4 is 16.2 Å². The number of aromatic amines is 1. The quantitative estimate of drug-likeness (QED) is 0.582. The molecule has 24 heavy (non-hydrogen) atoms. The molecule has 3 N–H and O–H groups in total. The second-order valence-electron chi connectivity index (χ2n) is 5.45. The van der Waals surface area contributed by atoms with Crippen LogP contribution in [-0.2, 0) is 9.59 Å². The van der Waals surface area contributed by atoms with Crippen LogP contribution in [0.2, 0.25) is 0 Å². The zero-order valence-electron chi connectivity index (χ0n) is 13.2. The molecule has 0 spiro atoms. The van der Waals surface area contributed by atoms with Gasteiger partial charge in [0, 0.05) is 12.1 Å². The van der Waals surface area contributed by atoms with Crippen molar-refractivity contribution in [2.75, 3.05) is 16.9 Å². The summed E-state index contributed by atoms with van der Waals surface area (Å²) in [5, 5.41) is 5.75. The van der Waals surface area contributed by atoms with Gasteiger partial charge in [-0.1, -0.05) is 30.0 Å². The molecule has 1 aliphatic rings. The highest BCUT2D eigenvalue weighted by Crippen LogP contribution is 2.30. The van der Waals surface area contributed by atoms with Crippen LogP contribution in [0.1, 0.15) is 23.5 Å². The fourth-order valence-corrected chi connectivity index (χ4v) is 2.98. The second-order valence-corrected chi connectivity index (χ2v) is 6.24. The monoisotopic (exact) mass is 344 g/mol. The first-order valence-electron chi connectivity index (χ1n) is 7.34. The first-order valence-corrected chi connectivity index (χ1v) is 8.56. The number of amides is 2. The maximum Gasteiger partial charge on any atom is 0.257 e. The van der Waals surface area contributed by atoms with Gasteiger partial charge in [0.15, 0.2) is 5.16 Å². The Labute approximate surface area is 142 Å². The Morgan fingerprint density at radius 1 is 1.33 bits per heavy atom. The number of hydrogen-bond acceptors (Lipinski definition) is 5. The van der Waals surface area contributed by atoms with E-state index in [1.54, 1.807) is 12.3 Å².